The monoisotopic (exact) mass is 299 g/mol. The molecule has 0 amide bonds. The standard InChI is InChI=1S/C16H21N5O/c1-22-11-14-9-15(21-8-7-12(17)10-21)20-16(19-14)18-13-5-3-2-4-6-13/h2-6,9,12H,7-8,10-11,17H2,1H3,(H,18,19,20). The number of hydrogen-bond donors (Lipinski definition) is 2. The Morgan fingerprint density at radius 2 is 2.14 bits per heavy atom. The van der Waals surface area contributed by atoms with E-state index in [0.29, 0.717) is 12.6 Å². The molecule has 1 unspecified atom stereocenters. The normalized spacial score (nSPS) is 17.7. The molecule has 1 fully saturated rings. The molecule has 1 aromatic carbocycles. The minimum absolute atomic E-state index is 0.214. The lowest BCUT2D eigenvalue weighted by atomic mass is 10.3. The van der Waals surface area contributed by atoms with Crippen LogP contribution in [-0.4, -0.2) is 36.2 Å². The molecule has 1 aromatic heterocycles. The summed E-state index contributed by atoms with van der Waals surface area (Å²) in [4.78, 5) is 11.3. The third kappa shape index (κ3) is 3.52. The van der Waals surface area contributed by atoms with Gasteiger partial charge in [-0.15, -0.1) is 0 Å². The predicted octanol–water partition coefficient (Wildman–Crippen LogP) is 1.90. The Bertz CT molecular complexity index is 619. The third-order valence-electron chi connectivity index (χ3n) is 3.64. The van der Waals surface area contributed by atoms with Crippen molar-refractivity contribution in [2.45, 2.75) is 19.1 Å². The summed E-state index contributed by atoms with van der Waals surface area (Å²) in [6.45, 7) is 2.21. The lowest BCUT2D eigenvalue weighted by molar-refractivity contribution is 0.181. The van der Waals surface area contributed by atoms with Gasteiger partial charge in [-0.1, -0.05) is 18.2 Å². The van der Waals surface area contributed by atoms with Crippen LogP contribution in [0.15, 0.2) is 36.4 Å². The number of benzene rings is 1. The highest BCUT2D eigenvalue weighted by molar-refractivity contribution is 5.55. The van der Waals surface area contributed by atoms with Crippen molar-refractivity contribution >= 4 is 17.5 Å². The summed E-state index contributed by atoms with van der Waals surface area (Å²) in [5.74, 6) is 1.48. The average molecular weight is 299 g/mol. The summed E-state index contributed by atoms with van der Waals surface area (Å²) in [5.41, 5.74) is 7.81. The van der Waals surface area contributed by atoms with E-state index in [0.717, 1.165) is 36.7 Å². The maximum Gasteiger partial charge on any atom is 0.229 e. The molecule has 0 radical (unpaired) electrons. The maximum absolute atomic E-state index is 6.00. The molecule has 116 valence electrons. The first-order valence-corrected chi connectivity index (χ1v) is 7.44. The molecule has 1 atom stereocenters. The summed E-state index contributed by atoms with van der Waals surface area (Å²) in [7, 11) is 1.66. The van der Waals surface area contributed by atoms with Crippen molar-refractivity contribution in [1.29, 1.82) is 0 Å². The van der Waals surface area contributed by atoms with Crippen LogP contribution in [0.3, 0.4) is 0 Å². The fourth-order valence-electron chi connectivity index (χ4n) is 2.57. The van der Waals surface area contributed by atoms with Crippen LogP contribution in [0.25, 0.3) is 0 Å². The van der Waals surface area contributed by atoms with Gasteiger partial charge in [0.25, 0.3) is 0 Å². The second-order valence-corrected chi connectivity index (χ2v) is 5.46. The Morgan fingerprint density at radius 3 is 2.82 bits per heavy atom. The van der Waals surface area contributed by atoms with Crippen LogP contribution in [0.4, 0.5) is 17.5 Å². The van der Waals surface area contributed by atoms with Crippen molar-refractivity contribution in [2.75, 3.05) is 30.4 Å². The van der Waals surface area contributed by atoms with Gasteiger partial charge in [0, 0.05) is 38.0 Å². The second-order valence-electron chi connectivity index (χ2n) is 5.46. The number of nitrogens with two attached hydrogens (primary N) is 1. The topological polar surface area (TPSA) is 76.3 Å². The number of nitrogens with zero attached hydrogens (tertiary/aromatic N) is 3. The summed E-state index contributed by atoms with van der Waals surface area (Å²) in [6, 6.07) is 12.1. The minimum atomic E-state index is 0.214. The van der Waals surface area contributed by atoms with Gasteiger partial charge in [-0.2, -0.15) is 4.98 Å². The Hall–Kier alpha value is -2.18. The van der Waals surface area contributed by atoms with E-state index < -0.39 is 0 Å². The quantitative estimate of drug-likeness (QED) is 0.878. The Kier molecular flexibility index (Phi) is 4.50. The Morgan fingerprint density at radius 1 is 1.32 bits per heavy atom. The second kappa shape index (κ2) is 6.72. The molecule has 2 heterocycles. The van der Waals surface area contributed by atoms with Gasteiger partial charge < -0.3 is 20.7 Å². The van der Waals surface area contributed by atoms with Gasteiger partial charge in [-0.3, -0.25) is 0 Å². The SMILES string of the molecule is COCc1cc(N2CCC(N)C2)nc(Nc2ccccc2)n1. The molecule has 0 aliphatic carbocycles. The van der Waals surface area contributed by atoms with E-state index in [-0.39, 0.29) is 6.04 Å². The van der Waals surface area contributed by atoms with Crippen molar-refractivity contribution in [3.63, 3.8) is 0 Å². The zero-order chi connectivity index (χ0) is 15.4. The largest absolute Gasteiger partial charge is 0.378 e. The Balaban J connectivity index is 1.86. The highest BCUT2D eigenvalue weighted by Gasteiger charge is 2.21. The smallest absolute Gasteiger partial charge is 0.229 e. The molecular weight excluding hydrogens is 278 g/mol. The summed E-state index contributed by atoms with van der Waals surface area (Å²) >= 11 is 0. The van der Waals surface area contributed by atoms with Crippen LogP contribution in [-0.2, 0) is 11.3 Å². The van der Waals surface area contributed by atoms with E-state index in [4.69, 9.17) is 10.5 Å². The van der Waals surface area contributed by atoms with Crippen LogP contribution in [0.1, 0.15) is 12.1 Å². The van der Waals surface area contributed by atoms with Crippen LogP contribution in [0.2, 0.25) is 0 Å². The van der Waals surface area contributed by atoms with E-state index in [1.165, 1.54) is 0 Å². The van der Waals surface area contributed by atoms with Crippen molar-refractivity contribution in [3.8, 4) is 0 Å². The van der Waals surface area contributed by atoms with Crippen LogP contribution in [0, 0.1) is 0 Å². The van der Waals surface area contributed by atoms with E-state index >= 15 is 0 Å². The minimum Gasteiger partial charge on any atom is -0.378 e. The van der Waals surface area contributed by atoms with E-state index in [1.807, 2.05) is 36.4 Å². The molecule has 3 N–H and O–H groups in total. The first-order chi connectivity index (χ1) is 10.7. The molecule has 0 bridgehead atoms. The number of aromatic nitrogens is 2. The number of para-hydroxylation sites is 1. The lowest BCUT2D eigenvalue weighted by Gasteiger charge is -2.18. The fraction of sp³-hybridized carbons (Fsp3) is 0.375. The molecule has 1 aliphatic rings. The number of methoxy groups -OCH3 is 1. The molecular formula is C16H21N5O. The van der Waals surface area contributed by atoms with Gasteiger partial charge in [0.1, 0.15) is 5.82 Å². The average Bonchev–Trinajstić information content (AvgIpc) is 2.95. The first kappa shape index (κ1) is 14.7. The zero-order valence-corrected chi connectivity index (χ0v) is 12.7. The van der Waals surface area contributed by atoms with Gasteiger partial charge in [0.05, 0.1) is 12.3 Å². The lowest BCUT2D eigenvalue weighted by Crippen LogP contribution is -2.27. The predicted molar refractivity (Wildman–Crippen MR) is 87.3 cm³/mol. The third-order valence-corrected chi connectivity index (χ3v) is 3.64. The van der Waals surface area contributed by atoms with E-state index in [9.17, 15) is 0 Å². The number of ether oxygens (including phenoxy) is 1. The van der Waals surface area contributed by atoms with Crippen LogP contribution in [0.5, 0.6) is 0 Å². The van der Waals surface area contributed by atoms with Crippen molar-refractivity contribution in [2.24, 2.45) is 5.73 Å². The van der Waals surface area contributed by atoms with Crippen LogP contribution >= 0.6 is 0 Å². The van der Waals surface area contributed by atoms with Gasteiger partial charge >= 0.3 is 0 Å². The Labute approximate surface area is 130 Å². The van der Waals surface area contributed by atoms with Crippen molar-refractivity contribution in [3.05, 3.63) is 42.1 Å². The number of anilines is 3. The molecule has 6 heteroatoms. The number of nitrogens with one attached hydrogen (secondary N) is 1. The summed E-state index contributed by atoms with van der Waals surface area (Å²) in [6.07, 6.45) is 0.991. The molecule has 3 rings (SSSR count). The molecule has 0 saturated carbocycles. The van der Waals surface area contributed by atoms with Gasteiger partial charge in [-0.05, 0) is 18.6 Å². The summed E-state index contributed by atoms with van der Waals surface area (Å²) in [5, 5.41) is 3.24. The molecule has 22 heavy (non-hydrogen) atoms. The summed E-state index contributed by atoms with van der Waals surface area (Å²) < 4.78 is 5.21. The zero-order valence-electron chi connectivity index (χ0n) is 12.7. The maximum atomic E-state index is 6.00. The highest BCUT2D eigenvalue weighted by atomic mass is 16.5. The number of rotatable bonds is 5. The van der Waals surface area contributed by atoms with Crippen LogP contribution < -0.4 is 16.0 Å². The van der Waals surface area contributed by atoms with Gasteiger partial charge in [0.2, 0.25) is 5.95 Å². The fourth-order valence-corrected chi connectivity index (χ4v) is 2.57. The molecule has 0 spiro atoms. The number of hydrogen-bond acceptors (Lipinski definition) is 6. The highest BCUT2D eigenvalue weighted by Crippen LogP contribution is 2.22. The van der Waals surface area contributed by atoms with E-state index in [1.54, 1.807) is 7.11 Å². The van der Waals surface area contributed by atoms with Gasteiger partial charge in [0.15, 0.2) is 0 Å². The van der Waals surface area contributed by atoms with Crippen molar-refractivity contribution in [1.82, 2.24) is 9.97 Å². The molecule has 1 aliphatic heterocycles. The first-order valence-electron chi connectivity index (χ1n) is 7.44. The van der Waals surface area contributed by atoms with E-state index in [2.05, 4.69) is 20.2 Å². The van der Waals surface area contributed by atoms with Crippen molar-refractivity contribution < 1.29 is 4.74 Å². The molecule has 2 aromatic rings. The van der Waals surface area contributed by atoms with Gasteiger partial charge in [-0.25, -0.2) is 4.98 Å². The molecule has 1 saturated heterocycles. The molecule has 6 nitrogen and oxygen atoms in total.